The van der Waals surface area contributed by atoms with Gasteiger partial charge in [0.05, 0.1) is 18.3 Å². The van der Waals surface area contributed by atoms with Gasteiger partial charge in [0, 0.05) is 38.9 Å². The maximum absolute atomic E-state index is 14.5. The second kappa shape index (κ2) is 18.8. The first-order valence-electron chi connectivity index (χ1n) is 18.8. The average molecular weight is 759 g/mol. The smallest absolute Gasteiger partial charge is 0.246 e. The Morgan fingerprint density at radius 1 is 1.00 bits per heavy atom. The van der Waals surface area contributed by atoms with Crippen molar-refractivity contribution in [2.45, 2.75) is 82.9 Å². The summed E-state index contributed by atoms with van der Waals surface area (Å²) in [5, 5.41) is 23.2. The van der Waals surface area contributed by atoms with Crippen molar-refractivity contribution in [3.05, 3.63) is 77.6 Å². The van der Waals surface area contributed by atoms with Gasteiger partial charge in [-0.15, -0.1) is 5.10 Å². The number of aromatic nitrogens is 3. The molecule has 0 aliphatic carbocycles. The van der Waals surface area contributed by atoms with Crippen LogP contribution >= 0.6 is 0 Å². The number of fused-ring (bicyclic) bond motifs is 9. The van der Waals surface area contributed by atoms with E-state index >= 15 is 0 Å². The van der Waals surface area contributed by atoms with Gasteiger partial charge in [-0.05, 0) is 57.2 Å². The largest absolute Gasteiger partial charge is 0.487 e. The van der Waals surface area contributed by atoms with Crippen LogP contribution in [0.25, 0.3) is 0 Å². The molecule has 0 saturated carbocycles. The van der Waals surface area contributed by atoms with E-state index < -0.39 is 54.0 Å². The Morgan fingerprint density at radius 2 is 1.73 bits per heavy atom. The van der Waals surface area contributed by atoms with E-state index in [0.717, 1.165) is 11.1 Å². The zero-order chi connectivity index (χ0) is 39.6. The SMILES string of the molecule is CN[C@@H](C)C(=O)N[C@H](C(=O)N1C[C@@H]2C[C@H]1C(=O)N[C@@H](Cc1ccccc1)C(=O)N[C@H](C(=O)NCCN(C)C)Cc1ccc(cc1)OCc1cn2nn1)C(C)C. The summed E-state index contributed by atoms with van der Waals surface area (Å²) in [4.78, 5) is 73.1. The van der Waals surface area contributed by atoms with Crippen LogP contribution in [-0.4, -0.2) is 125 Å². The summed E-state index contributed by atoms with van der Waals surface area (Å²) in [7, 11) is 5.46. The van der Waals surface area contributed by atoms with Crippen molar-refractivity contribution in [1.82, 2.24) is 51.4 Å². The van der Waals surface area contributed by atoms with Crippen LogP contribution in [0.4, 0.5) is 0 Å². The number of hydrogen-bond donors (Lipinski definition) is 5. The van der Waals surface area contributed by atoms with E-state index in [1.807, 2.05) is 75.3 Å². The monoisotopic (exact) mass is 758 g/mol. The molecule has 16 heteroatoms. The molecular weight excluding hydrogens is 704 g/mol. The third-order valence-electron chi connectivity index (χ3n) is 10.0. The molecule has 6 rings (SSSR count). The van der Waals surface area contributed by atoms with Crippen LogP contribution in [-0.2, 0) is 43.4 Å². The lowest BCUT2D eigenvalue weighted by Crippen LogP contribution is -2.59. The molecule has 0 radical (unpaired) electrons. The van der Waals surface area contributed by atoms with Crippen LogP contribution in [0.15, 0.2) is 60.8 Å². The molecular formula is C39H54N10O6. The second-order valence-electron chi connectivity index (χ2n) is 14.9. The van der Waals surface area contributed by atoms with Gasteiger partial charge in [-0.3, -0.25) is 24.0 Å². The van der Waals surface area contributed by atoms with E-state index in [1.165, 1.54) is 4.90 Å². The number of carbonyl (C=O) groups is 5. The van der Waals surface area contributed by atoms with Crippen molar-refractivity contribution in [1.29, 1.82) is 0 Å². The third-order valence-corrected chi connectivity index (χ3v) is 10.0. The molecule has 0 unspecified atom stereocenters. The molecule has 1 aromatic heterocycles. The predicted molar refractivity (Wildman–Crippen MR) is 205 cm³/mol. The van der Waals surface area contributed by atoms with Gasteiger partial charge in [0.25, 0.3) is 0 Å². The summed E-state index contributed by atoms with van der Waals surface area (Å²) >= 11 is 0. The molecule has 2 aromatic carbocycles. The van der Waals surface area contributed by atoms with Crippen molar-refractivity contribution >= 4 is 29.5 Å². The highest BCUT2D eigenvalue weighted by Gasteiger charge is 2.45. The highest BCUT2D eigenvalue weighted by atomic mass is 16.5. The Bertz CT molecular complexity index is 1780. The first-order valence-corrected chi connectivity index (χ1v) is 18.8. The van der Waals surface area contributed by atoms with Gasteiger partial charge in [-0.1, -0.05) is 61.5 Å². The molecule has 0 spiro atoms. The quantitative estimate of drug-likeness (QED) is 0.181. The average Bonchev–Trinajstić information content (AvgIpc) is 3.83. The Hall–Kier alpha value is -5.35. The molecule has 3 aliphatic rings. The van der Waals surface area contributed by atoms with Crippen molar-refractivity contribution in [2.75, 3.05) is 40.8 Å². The Balaban J connectivity index is 1.51. The van der Waals surface area contributed by atoms with Gasteiger partial charge in [0.2, 0.25) is 29.5 Å². The summed E-state index contributed by atoms with van der Waals surface area (Å²) < 4.78 is 7.62. The molecule has 4 heterocycles. The fourth-order valence-corrected chi connectivity index (χ4v) is 6.61. The highest BCUT2D eigenvalue weighted by molar-refractivity contribution is 5.96. The first-order chi connectivity index (χ1) is 26.3. The molecule has 296 valence electrons. The minimum Gasteiger partial charge on any atom is -0.487 e. The molecule has 5 N–H and O–H groups in total. The summed E-state index contributed by atoms with van der Waals surface area (Å²) in [5.74, 6) is -1.97. The van der Waals surface area contributed by atoms with E-state index in [0.29, 0.717) is 24.5 Å². The van der Waals surface area contributed by atoms with Crippen LogP contribution in [0, 0.1) is 5.92 Å². The minimum atomic E-state index is -1.10. The van der Waals surface area contributed by atoms with Crippen molar-refractivity contribution in [3.63, 3.8) is 0 Å². The number of hydrogen-bond acceptors (Lipinski definition) is 10. The summed E-state index contributed by atoms with van der Waals surface area (Å²) in [5.41, 5.74) is 2.13. The number of likely N-dealkylation sites (tertiary alicyclic amines) is 1. The number of ether oxygens (including phenoxy) is 1. The Kier molecular flexibility index (Phi) is 14.0. The number of amides is 5. The number of likely N-dealkylation sites (N-methyl/N-ethyl adjacent to an activating group) is 2. The fourth-order valence-electron chi connectivity index (χ4n) is 6.61. The molecule has 3 aromatic rings. The van der Waals surface area contributed by atoms with Crippen LogP contribution < -0.4 is 31.3 Å². The van der Waals surface area contributed by atoms with Gasteiger partial charge in [-0.2, -0.15) is 0 Å². The third kappa shape index (κ3) is 10.9. The van der Waals surface area contributed by atoms with E-state index in [2.05, 4.69) is 36.9 Å². The van der Waals surface area contributed by atoms with Crippen LogP contribution in [0.2, 0.25) is 0 Å². The van der Waals surface area contributed by atoms with E-state index in [9.17, 15) is 24.0 Å². The second-order valence-corrected chi connectivity index (χ2v) is 14.9. The molecule has 6 atom stereocenters. The van der Waals surface area contributed by atoms with Gasteiger partial charge in [0.1, 0.15) is 42.2 Å². The molecule has 3 aliphatic heterocycles. The standard InChI is InChI=1S/C39H54N10O6/c1-24(2)34(44-35(50)25(3)40-4)39(54)48-22-29-20-33(48)38(53)43-32(18-26-10-8-7-9-11-26)37(52)42-31(36(51)41-16-17-47(5)6)19-27-12-14-30(15-13-27)55-23-28-21-49(29)46-45-28/h7-15,21,24-25,29,31-34,40H,16-20,22-23H2,1-6H3,(H,41,51)(H,42,52)(H,43,53)(H,44,50)/t25-,29-,31-,32-,33-,34-/m0/s1. The summed E-state index contributed by atoms with van der Waals surface area (Å²) in [6, 6.07) is 11.5. The molecule has 6 bridgehead atoms. The normalized spacial score (nSPS) is 21.4. The molecule has 1 saturated heterocycles. The van der Waals surface area contributed by atoms with E-state index in [-0.39, 0.29) is 50.1 Å². The van der Waals surface area contributed by atoms with Gasteiger partial charge < -0.3 is 41.1 Å². The van der Waals surface area contributed by atoms with Crippen LogP contribution in [0.1, 0.15) is 50.1 Å². The minimum absolute atomic E-state index is 0.105. The zero-order valence-corrected chi connectivity index (χ0v) is 32.5. The zero-order valence-electron chi connectivity index (χ0n) is 32.5. The van der Waals surface area contributed by atoms with Gasteiger partial charge >= 0.3 is 0 Å². The highest BCUT2D eigenvalue weighted by Crippen LogP contribution is 2.29. The summed E-state index contributed by atoms with van der Waals surface area (Å²) in [6.45, 7) is 6.55. The number of carbonyl (C=O) groups excluding carboxylic acids is 5. The molecule has 1 fully saturated rings. The molecule has 55 heavy (non-hydrogen) atoms. The van der Waals surface area contributed by atoms with E-state index in [1.54, 1.807) is 37.0 Å². The van der Waals surface area contributed by atoms with E-state index in [4.69, 9.17) is 4.74 Å². The molecule has 16 nitrogen and oxygen atoms in total. The lowest BCUT2D eigenvalue weighted by atomic mass is 10.0. The summed E-state index contributed by atoms with van der Waals surface area (Å²) in [6.07, 6.45) is 2.21. The lowest BCUT2D eigenvalue weighted by Gasteiger charge is -2.32. The number of nitrogens with zero attached hydrogens (tertiary/aromatic N) is 5. The number of benzene rings is 2. The Morgan fingerprint density at radius 3 is 2.40 bits per heavy atom. The van der Waals surface area contributed by atoms with Crippen molar-refractivity contribution in [3.8, 4) is 5.75 Å². The van der Waals surface area contributed by atoms with Crippen LogP contribution in [0.5, 0.6) is 5.75 Å². The van der Waals surface area contributed by atoms with Gasteiger partial charge in [-0.25, -0.2) is 4.68 Å². The topological polar surface area (TPSA) is 192 Å². The first kappa shape index (κ1) is 40.8. The maximum Gasteiger partial charge on any atom is 0.246 e. The maximum atomic E-state index is 14.5. The van der Waals surface area contributed by atoms with Crippen molar-refractivity contribution in [2.24, 2.45) is 5.92 Å². The lowest BCUT2D eigenvalue weighted by molar-refractivity contribution is -0.143. The predicted octanol–water partition coefficient (Wildman–Crippen LogP) is 0.194. The van der Waals surface area contributed by atoms with Crippen molar-refractivity contribution < 1.29 is 28.7 Å². The number of rotatable bonds is 11. The number of nitrogens with one attached hydrogen (secondary N) is 5. The fraction of sp³-hybridized carbons (Fsp3) is 0.513. The Labute approximate surface area is 322 Å². The van der Waals surface area contributed by atoms with Crippen LogP contribution in [0.3, 0.4) is 0 Å². The van der Waals surface area contributed by atoms with Gasteiger partial charge in [0.15, 0.2) is 0 Å². The molecule has 5 amide bonds.